The maximum atomic E-state index is 5.57. The normalized spacial score (nSPS) is 11.6. The maximum Gasteiger partial charge on any atom is 0.235 e. The molecule has 0 amide bonds. The summed E-state index contributed by atoms with van der Waals surface area (Å²) in [7, 11) is 0. The van der Waals surface area contributed by atoms with E-state index >= 15 is 0 Å². The Hall–Kier alpha value is -8.86. The first kappa shape index (κ1) is 37.7. The molecule has 0 N–H and O–H groups in total. The fraction of sp³-hybridized carbons (Fsp3) is 0. The van der Waals surface area contributed by atoms with E-state index in [1.807, 2.05) is 0 Å². The topological polar surface area (TPSA) is 34.0 Å². The molecule has 0 saturated carbocycles. The lowest BCUT2D eigenvalue weighted by Gasteiger charge is -2.26. The van der Waals surface area contributed by atoms with Gasteiger partial charge in [-0.05, 0) is 109 Å². The van der Waals surface area contributed by atoms with E-state index in [9.17, 15) is 0 Å². The van der Waals surface area contributed by atoms with Gasteiger partial charge in [-0.2, -0.15) is 0 Å². The molecule has 11 aromatic carbocycles. The van der Waals surface area contributed by atoms with Gasteiger partial charge in [-0.15, -0.1) is 0 Å². The second-order valence-corrected chi connectivity index (χ2v) is 16.9. The predicted octanol–water partition coefficient (Wildman–Crippen LogP) is 16.7. The van der Waals surface area contributed by atoms with Gasteiger partial charge in [-0.1, -0.05) is 182 Å². The van der Waals surface area contributed by atoms with Crippen molar-refractivity contribution >= 4 is 82.0 Å². The molecule has 4 heteroatoms. The third kappa shape index (κ3) is 6.07. The molecule has 0 fully saturated rings. The van der Waals surface area contributed by atoms with E-state index in [-0.39, 0.29) is 0 Å². The molecular formula is C62H40N4. The zero-order valence-electron chi connectivity index (χ0n) is 35.9. The van der Waals surface area contributed by atoms with E-state index in [1.165, 1.54) is 48.5 Å². The number of para-hydroxylation sites is 3. The molecule has 13 aromatic rings. The second kappa shape index (κ2) is 15.4. The number of aromatic nitrogens is 3. The van der Waals surface area contributed by atoms with Gasteiger partial charge in [0.15, 0.2) is 0 Å². The number of anilines is 3. The van der Waals surface area contributed by atoms with E-state index < -0.39 is 0 Å². The molecule has 0 aliphatic carbocycles. The molecule has 2 aromatic heterocycles. The van der Waals surface area contributed by atoms with E-state index in [0.717, 1.165) is 67.1 Å². The lowest BCUT2D eigenvalue weighted by molar-refractivity contribution is 0.997. The minimum atomic E-state index is 0.629. The summed E-state index contributed by atoms with van der Waals surface area (Å²) in [5.41, 5.74) is 11.4. The molecule has 0 aliphatic heterocycles. The van der Waals surface area contributed by atoms with Crippen molar-refractivity contribution in [1.29, 1.82) is 0 Å². The van der Waals surface area contributed by atoms with Crippen LogP contribution in [0.5, 0.6) is 0 Å². The molecule has 0 spiro atoms. The highest BCUT2D eigenvalue weighted by molar-refractivity contribution is 6.31. The van der Waals surface area contributed by atoms with Gasteiger partial charge in [0.05, 0.1) is 22.4 Å². The fourth-order valence-electron chi connectivity index (χ4n) is 10.2. The lowest BCUT2D eigenvalue weighted by Crippen LogP contribution is -2.09. The quantitative estimate of drug-likeness (QED) is 0.118. The van der Waals surface area contributed by atoms with Crippen LogP contribution in [0.2, 0.25) is 0 Å². The van der Waals surface area contributed by atoms with Crippen molar-refractivity contribution < 1.29 is 0 Å². The number of benzene rings is 11. The van der Waals surface area contributed by atoms with Crippen LogP contribution in [-0.2, 0) is 0 Å². The van der Waals surface area contributed by atoms with Crippen LogP contribution >= 0.6 is 0 Å². The number of rotatable bonds is 7. The van der Waals surface area contributed by atoms with Gasteiger partial charge in [0.2, 0.25) is 5.95 Å². The van der Waals surface area contributed by atoms with Crippen molar-refractivity contribution in [3.63, 3.8) is 0 Å². The Labute approximate surface area is 381 Å². The van der Waals surface area contributed by atoms with Crippen molar-refractivity contribution in [1.82, 2.24) is 14.5 Å². The van der Waals surface area contributed by atoms with Crippen molar-refractivity contribution in [3.05, 3.63) is 243 Å². The summed E-state index contributed by atoms with van der Waals surface area (Å²) in [6.45, 7) is 0. The van der Waals surface area contributed by atoms with Crippen LogP contribution in [-0.4, -0.2) is 14.5 Å². The Balaban J connectivity index is 1.09. The van der Waals surface area contributed by atoms with Gasteiger partial charge < -0.3 is 4.90 Å². The number of hydrogen-bond acceptors (Lipinski definition) is 3. The third-order valence-corrected chi connectivity index (χ3v) is 13.1. The Morgan fingerprint density at radius 1 is 0.303 bits per heavy atom. The van der Waals surface area contributed by atoms with E-state index in [0.29, 0.717) is 5.95 Å². The highest BCUT2D eigenvalue weighted by atomic mass is 15.2. The van der Waals surface area contributed by atoms with E-state index in [2.05, 4.69) is 252 Å². The molecule has 0 atom stereocenters. The Morgan fingerprint density at radius 2 is 0.773 bits per heavy atom. The molecule has 0 saturated heterocycles. The molecule has 0 aliphatic rings. The average molecular weight is 841 g/mol. The van der Waals surface area contributed by atoms with Gasteiger partial charge in [0.25, 0.3) is 0 Å². The minimum absolute atomic E-state index is 0.629. The van der Waals surface area contributed by atoms with Crippen molar-refractivity contribution in [2.45, 2.75) is 0 Å². The van der Waals surface area contributed by atoms with Crippen LogP contribution in [0, 0.1) is 0 Å². The van der Waals surface area contributed by atoms with E-state index in [4.69, 9.17) is 9.97 Å². The average Bonchev–Trinajstić information content (AvgIpc) is 3.74. The van der Waals surface area contributed by atoms with Crippen molar-refractivity contribution in [2.24, 2.45) is 0 Å². The molecule has 13 rings (SSSR count). The summed E-state index contributed by atoms with van der Waals surface area (Å²) in [6, 6.07) is 86.8. The van der Waals surface area contributed by atoms with Crippen LogP contribution in [0.1, 0.15) is 0 Å². The second-order valence-electron chi connectivity index (χ2n) is 16.9. The van der Waals surface area contributed by atoms with Gasteiger partial charge in [0, 0.05) is 44.5 Å². The summed E-state index contributed by atoms with van der Waals surface area (Å²) in [5.74, 6) is 0.629. The summed E-state index contributed by atoms with van der Waals surface area (Å²) in [6.07, 6.45) is 0. The maximum absolute atomic E-state index is 5.57. The summed E-state index contributed by atoms with van der Waals surface area (Å²) in [4.78, 5) is 13.5. The van der Waals surface area contributed by atoms with Gasteiger partial charge >= 0.3 is 0 Å². The zero-order valence-corrected chi connectivity index (χ0v) is 35.9. The Bertz CT molecular complexity index is 3860. The fourth-order valence-corrected chi connectivity index (χ4v) is 10.2. The Morgan fingerprint density at radius 3 is 1.36 bits per heavy atom. The minimum Gasteiger partial charge on any atom is -0.310 e. The SMILES string of the molecule is c1ccc(-c2nc(-n3c4ccccc4c4c5cc6c7ccc(N(c8ccccc8)c8ccccc8)cc7c7ccccc7c6cc5ccc43)nc(-c3ccccc3)c2-c2ccccc2)cc1. The summed E-state index contributed by atoms with van der Waals surface area (Å²) in [5, 5.41) is 12.1. The van der Waals surface area contributed by atoms with E-state index in [1.54, 1.807) is 0 Å². The molecular weight excluding hydrogens is 801 g/mol. The number of fused-ring (bicyclic) bond motifs is 11. The summed E-state index contributed by atoms with van der Waals surface area (Å²) < 4.78 is 2.27. The molecule has 0 radical (unpaired) electrons. The molecule has 0 unspecified atom stereocenters. The monoisotopic (exact) mass is 840 g/mol. The zero-order chi connectivity index (χ0) is 43.6. The smallest absolute Gasteiger partial charge is 0.235 e. The van der Waals surface area contributed by atoms with Crippen LogP contribution in [0.15, 0.2) is 243 Å². The third-order valence-electron chi connectivity index (χ3n) is 13.1. The lowest BCUT2D eigenvalue weighted by atomic mass is 9.91. The first-order valence-electron chi connectivity index (χ1n) is 22.5. The summed E-state index contributed by atoms with van der Waals surface area (Å²) >= 11 is 0. The van der Waals surface area contributed by atoms with Crippen LogP contribution in [0.25, 0.3) is 104 Å². The van der Waals surface area contributed by atoms with Gasteiger partial charge in [-0.25, -0.2) is 9.97 Å². The predicted molar refractivity (Wildman–Crippen MR) is 277 cm³/mol. The van der Waals surface area contributed by atoms with Gasteiger partial charge in [0.1, 0.15) is 0 Å². The molecule has 4 nitrogen and oxygen atoms in total. The molecule has 308 valence electrons. The standard InChI is InChI=1S/C62H40N4/c1-6-20-41(21-7-1)58-60(42-22-8-2-9-23-42)63-62(64-61(58)43-24-10-3-11-25-43)66-56-33-19-18-32-51(56)59-52-40-55-50-36-35-47(65(45-26-12-4-13-27-45)46-28-14-5-15-29-46)39-54(50)49-31-17-16-30-48(49)53(55)38-44(52)34-37-57(59)66/h1-40H. The Kier molecular flexibility index (Phi) is 8.81. The van der Waals surface area contributed by atoms with Crippen LogP contribution in [0.4, 0.5) is 17.1 Å². The van der Waals surface area contributed by atoms with Crippen LogP contribution < -0.4 is 4.90 Å². The number of nitrogens with zero attached hydrogens (tertiary/aromatic N) is 4. The molecule has 2 heterocycles. The largest absolute Gasteiger partial charge is 0.310 e. The molecule has 66 heavy (non-hydrogen) atoms. The highest BCUT2D eigenvalue weighted by Crippen LogP contribution is 2.45. The first-order chi connectivity index (χ1) is 32.8. The van der Waals surface area contributed by atoms with Gasteiger partial charge in [-0.3, -0.25) is 4.57 Å². The van der Waals surface area contributed by atoms with Crippen LogP contribution in [0.3, 0.4) is 0 Å². The highest BCUT2D eigenvalue weighted by Gasteiger charge is 2.24. The van der Waals surface area contributed by atoms with Crippen molar-refractivity contribution in [3.8, 4) is 39.6 Å². The van der Waals surface area contributed by atoms with Crippen molar-refractivity contribution in [2.75, 3.05) is 4.90 Å². The first-order valence-corrected chi connectivity index (χ1v) is 22.5. The molecule has 0 bridgehead atoms. The number of hydrogen-bond donors (Lipinski definition) is 0.